The average Bonchev–Trinajstić information content (AvgIpc) is 3.20. The Labute approximate surface area is 125 Å². The number of hydrogen-bond acceptors (Lipinski definition) is 7. The maximum atomic E-state index is 5.68. The van der Waals surface area contributed by atoms with Crippen molar-refractivity contribution in [2.45, 2.75) is 6.54 Å². The van der Waals surface area contributed by atoms with Gasteiger partial charge in [0.25, 0.3) is 0 Å². The molecule has 0 fully saturated rings. The van der Waals surface area contributed by atoms with Crippen LogP contribution in [0.4, 0.5) is 6.01 Å². The van der Waals surface area contributed by atoms with Crippen LogP contribution in [0.25, 0.3) is 22.4 Å². The summed E-state index contributed by atoms with van der Waals surface area (Å²) in [6.07, 6.45) is 6.81. The molecule has 0 aliphatic heterocycles. The van der Waals surface area contributed by atoms with Crippen molar-refractivity contribution < 1.29 is 8.83 Å². The zero-order chi connectivity index (χ0) is 14.8. The molecule has 0 radical (unpaired) electrons. The standard InChI is InChI=1S/C15H11N5O2/c1-4-16-5-2-10(1)14-19-20-15(22-14)18-9-12-7-11-8-17-6-3-13(11)21-12/h1-8H,9H2,(H,18,20). The highest BCUT2D eigenvalue weighted by Gasteiger charge is 2.09. The Morgan fingerprint density at radius 3 is 2.68 bits per heavy atom. The van der Waals surface area contributed by atoms with Crippen molar-refractivity contribution in [3.63, 3.8) is 0 Å². The molecule has 0 aliphatic rings. The number of hydrogen-bond donors (Lipinski definition) is 1. The average molecular weight is 293 g/mol. The largest absolute Gasteiger partial charge is 0.459 e. The molecule has 4 rings (SSSR count). The smallest absolute Gasteiger partial charge is 0.316 e. The Bertz CT molecular complexity index is 867. The molecule has 0 aliphatic carbocycles. The van der Waals surface area contributed by atoms with E-state index in [1.54, 1.807) is 24.8 Å². The van der Waals surface area contributed by atoms with Gasteiger partial charge >= 0.3 is 6.01 Å². The summed E-state index contributed by atoms with van der Waals surface area (Å²) in [5.41, 5.74) is 1.63. The molecule has 0 spiro atoms. The van der Waals surface area contributed by atoms with E-state index in [1.165, 1.54) is 0 Å². The molecule has 7 nitrogen and oxygen atoms in total. The molecule has 1 N–H and O–H groups in total. The number of aromatic nitrogens is 4. The molecule has 0 unspecified atom stereocenters. The molecule has 7 heteroatoms. The van der Waals surface area contributed by atoms with Gasteiger partial charge in [0.1, 0.15) is 11.3 Å². The Morgan fingerprint density at radius 2 is 1.82 bits per heavy atom. The van der Waals surface area contributed by atoms with Crippen LogP contribution in [0.5, 0.6) is 0 Å². The van der Waals surface area contributed by atoms with Gasteiger partial charge in [0.05, 0.1) is 6.54 Å². The molecule has 4 heterocycles. The quantitative estimate of drug-likeness (QED) is 0.618. The van der Waals surface area contributed by atoms with Crippen molar-refractivity contribution in [2.24, 2.45) is 0 Å². The summed E-state index contributed by atoms with van der Waals surface area (Å²) < 4.78 is 11.2. The molecule has 0 atom stereocenters. The second-order valence-electron chi connectivity index (χ2n) is 4.63. The second-order valence-corrected chi connectivity index (χ2v) is 4.63. The van der Waals surface area contributed by atoms with E-state index in [1.807, 2.05) is 24.3 Å². The van der Waals surface area contributed by atoms with E-state index in [2.05, 4.69) is 25.5 Å². The third kappa shape index (κ3) is 2.39. The first kappa shape index (κ1) is 12.5. The van der Waals surface area contributed by atoms with E-state index in [-0.39, 0.29) is 0 Å². The van der Waals surface area contributed by atoms with Crippen LogP contribution in [-0.4, -0.2) is 20.2 Å². The van der Waals surface area contributed by atoms with Crippen molar-refractivity contribution in [1.82, 2.24) is 20.2 Å². The normalized spacial score (nSPS) is 10.9. The predicted octanol–water partition coefficient (Wildman–Crippen LogP) is 2.88. The van der Waals surface area contributed by atoms with Crippen molar-refractivity contribution >= 4 is 17.0 Å². The van der Waals surface area contributed by atoms with Crippen molar-refractivity contribution in [3.05, 3.63) is 54.8 Å². The lowest BCUT2D eigenvalue weighted by Gasteiger charge is -1.97. The summed E-state index contributed by atoms with van der Waals surface area (Å²) in [5, 5.41) is 12.0. The van der Waals surface area contributed by atoms with E-state index < -0.39 is 0 Å². The van der Waals surface area contributed by atoms with Crippen LogP contribution in [0.3, 0.4) is 0 Å². The number of nitrogens with one attached hydrogen (secondary N) is 1. The lowest BCUT2D eigenvalue weighted by atomic mass is 10.3. The number of nitrogens with zero attached hydrogens (tertiary/aromatic N) is 4. The second kappa shape index (κ2) is 5.28. The lowest BCUT2D eigenvalue weighted by Crippen LogP contribution is -1.97. The third-order valence-electron chi connectivity index (χ3n) is 3.13. The van der Waals surface area contributed by atoms with Gasteiger partial charge in [-0.15, -0.1) is 5.10 Å². The molecule has 4 aromatic rings. The van der Waals surface area contributed by atoms with E-state index in [0.717, 1.165) is 22.3 Å². The SMILES string of the molecule is c1cc(-c2nnc(NCc3cc4cnccc4o3)o2)ccn1. The monoisotopic (exact) mass is 293 g/mol. The summed E-state index contributed by atoms with van der Waals surface area (Å²) in [6.45, 7) is 0.451. The fraction of sp³-hybridized carbons (Fsp3) is 0.0667. The van der Waals surface area contributed by atoms with Crippen molar-refractivity contribution in [3.8, 4) is 11.5 Å². The first-order valence-corrected chi connectivity index (χ1v) is 6.69. The first-order valence-electron chi connectivity index (χ1n) is 6.69. The van der Waals surface area contributed by atoms with Gasteiger partial charge in [0, 0.05) is 35.7 Å². The van der Waals surface area contributed by atoms with Gasteiger partial charge in [-0.2, -0.15) is 0 Å². The van der Waals surface area contributed by atoms with Crippen LogP contribution in [-0.2, 0) is 6.54 Å². The molecule has 108 valence electrons. The van der Waals surface area contributed by atoms with Crippen LogP contribution in [0.1, 0.15) is 5.76 Å². The van der Waals surface area contributed by atoms with E-state index in [0.29, 0.717) is 18.5 Å². The van der Waals surface area contributed by atoms with Gasteiger partial charge in [0.15, 0.2) is 0 Å². The lowest BCUT2D eigenvalue weighted by molar-refractivity contribution is 0.543. The topological polar surface area (TPSA) is 89.9 Å². The third-order valence-corrected chi connectivity index (χ3v) is 3.13. The predicted molar refractivity (Wildman–Crippen MR) is 78.9 cm³/mol. The number of fused-ring (bicyclic) bond motifs is 1. The van der Waals surface area contributed by atoms with Crippen LogP contribution >= 0.6 is 0 Å². The minimum Gasteiger partial charge on any atom is -0.459 e. The van der Waals surface area contributed by atoms with Gasteiger partial charge < -0.3 is 14.2 Å². The van der Waals surface area contributed by atoms with Crippen LogP contribution in [0.15, 0.2) is 57.9 Å². The fourth-order valence-corrected chi connectivity index (χ4v) is 2.10. The Morgan fingerprint density at radius 1 is 0.955 bits per heavy atom. The molecule has 0 bridgehead atoms. The molecule has 0 saturated carbocycles. The van der Waals surface area contributed by atoms with Crippen LogP contribution in [0, 0.1) is 0 Å². The van der Waals surface area contributed by atoms with E-state index >= 15 is 0 Å². The van der Waals surface area contributed by atoms with Crippen molar-refractivity contribution in [2.75, 3.05) is 5.32 Å². The fourth-order valence-electron chi connectivity index (χ4n) is 2.10. The molecular weight excluding hydrogens is 282 g/mol. The number of pyridine rings is 2. The zero-order valence-electron chi connectivity index (χ0n) is 11.4. The van der Waals surface area contributed by atoms with Gasteiger partial charge in [-0.1, -0.05) is 5.10 Å². The first-order chi connectivity index (χ1) is 10.9. The number of anilines is 1. The van der Waals surface area contributed by atoms with E-state index in [4.69, 9.17) is 8.83 Å². The van der Waals surface area contributed by atoms with Gasteiger partial charge in [0.2, 0.25) is 5.89 Å². The summed E-state index contributed by atoms with van der Waals surface area (Å²) in [4.78, 5) is 8.01. The summed E-state index contributed by atoms with van der Waals surface area (Å²) in [7, 11) is 0. The summed E-state index contributed by atoms with van der Waals surface area (Å²) >= 11 is 0. The highest BCUT2D eigenvalue weighted by molar-refractivity contribution is 5.76. The Kier molecular flexibility index (Phi) is 3.01. The van der Waals surface area contributed by atoms with E-state index in [9.17, 15) is 0 Å². The maximum Gasteiger partial charge on any atom is 0.316 e. The Hall–Kier alpha value is -3.22. The van der Waals surface area contributed by atoms with Crippen molar-refractivity contribution in [1.29, 1.82) is 0 Å². The number of furan rings is 1. The Balaban J connectivity index is 1.49. The maximum absolute atomic E-state index is 5.68. The van der Waals surface area contributed by atoms with Gasteiger partial charge in [-0.3, -0.25) is 9.97 Å². The minimum atomic E-state index is 0.338. The highest BCUT2D eigenvalue weighted by Crippen LogP contribution is 2.21. The molecule has 4 aromatic heterocycles. The minimum absolute atomic E-state index is 0.338. The summed E-state index contributed by atoms with van der Waals surface area (Å²) in [5.74, 6) is 1.21. The highest BCUT2D eigenvalue weighted by atomic mass is 16.4. The molecule has 22 heavy (non-hydrogen) atoms. The van der Waals surface area contributed by atoms with Gasteiger partial charge in [-0.25, -0.2) is 0 Å². The number of rotatable bonds is 4. The molecule has 0 aromatic carbocycles. The zero-order valence-corrected chi connectivity index (χ0v) is 11.4. The molecular formula is C15H11N5O2. The summed E-state index contributed by atoms with van der Waals surface area (Å²) in [6, 6.07) is 7.71. The van der Waals surface area contributed by atoms with Gasteiger partial charge in [-0.05, 0) is 24.3 Å². The molecule has 0 saturated heterocycles. The van der Waals surface area contributed by atoms with Crippen LogP contribution in [0.2, 0.25) is 0 Å². The van der Waals surface area contributed by atoms with Crippen LogP contribution < -0.4 is 5.32 Å². The molecule has 0 amide bonds.